The molecule has 0 radical (unpaired) electrons. The maximum absolute atomic E-state index is 6.34. The molecule has 0 aromatic heterocycles. The topological polar surface area (TPSA) is 18.5 Å². The summed E-state index contributed by atoms with van der Waals surface area (Å²) in [5, 5.41) is 0. The second kappa shape index (κ2) is 9.15. The van der Waals surface area contributed by atoms with E-state index in [1.807, 2.05) is 0 Å². The molecule has 21 heavy (non-hydrogen) atoms. The first-order chi connectivity index (χ1) is 9.79. The summed E-state index contributed by atoms with van der Waals surface area (Å²) < 4.78 is 12.2. The molecule has 0 aliphatic heterocycles. The summed E-state index contributed by atoms with van der Waals surface area (Å²) in [5.74, 6) is 2.88. The van der Waals surface area contributed by atoms with Crippen LogP contribution in [0.3, 0.4) is 0 Å². The van der Waals surface area contributed by atoms with Gasteiger partial charge in [0, 0.05) is 6.61 Å². The molecule has 0 saturated heterocycles. The van der Waals surface area contributed by atoms with Crippen molar-refractivity contribution in [2.75, 3.05) is 6.61 Å². The van der Waals surface area contributed by atoms with E-state index in [-0.39, 0.29) is 0 Å². The van der Waals surface area contributed by atoms with E-state index in [1.165, 1.54) is 19.3 Å². The molecule has 1 saturated carbocycles. The van der Waals surface area contributed by atoms with Gasteiger partial charge in [0.15, 0.2) is 0 Å². The standard InChI is InChI=1S/C19H38O2/c1-13(2)18-9-8-15(5)11-19(18)20-12-16(6)10-17(7)21-14(3)4/h13-19H,8-12H2,1-7H3. The molecule has 126 valence electrons. The summed E-state index contributed by atoms with van der Waals surface area (Å²) in [7, 11) is 0. The van der Waals surface area contributed by atoms with E-state index >= 15 is 0 Å². The molecule has 0 amide bonds. The van der Waals surface area contributed by atoms with Gasteiger partial charge in [-0.05, 0) is 63.7 Å². The molecule has 0 bridgehead atoms. The van der Waals surface area contributed by atoms with Gasteiger partial charge < -0.3 is 9.47 Å². The lowest BCUT2D eigenvalue weighted by Gasteiger charge is -2.37. The van der Waals surface area contributed by atoms with Gasteiger partial charge in [-0.1, -0.05) is 34.1 Å². The van der Waals surface area contributed by atoms with Crippen molar-refractivity contribution in [3.8, 4) is 0 Å². The second-order valence-corrected chi connectivity index (χ2v) is 8.03. The third-order valence-corrected chi connectivity index (χ3v) is 4.79. The molecule has 5 unspecified atom stereocenters. The predicted molar refractivity (Wildman–Crippen MR) is 90.5 cm³/mol. The van der Waals surface area contributed by atoms with Gasteiger partial charge in [-0.3, -0.25) is 0 Å². The molecular weight excluding hydrogens is 260 g/mol. The van der Waals surface area contributed by atoms with Crippen molar-refractivity contribution in [1.82, 2.24) is 0 Å². The van der Waals surface area contributed by atoms with Gasteiger partial charge in [-0.25, -0.2) is 0 Å². The minimum atomic E-state index is 0.317. The number of hydrogen-bond donors (Lipinski definition) is 0. The Morgan fingerprint density at radius 2 is 1.67 bits per heavy atom. The van der Waals surface area contributed by atoms with Gasteiger partial charge in [-0.2, -0.15) is 0 Å². The molecule has 0 N–H and O–H groups in total. The van der Waals surface area contributed by atoms with Crippen molar-refractivity contribution in [3.05, 3.63) is 0 Å². The fourth-order valence-electron chi connectivity index (χ4n) is 3.75. The molecule has 2 nitrogen and oxygen atoms in total. The van der Waals surface area contributed by atoms with Crippen LogP contribution in [-0.4, -0.2) is 24.9 Å². The largest absolute Gasteiger partial charge is 0.378 e. The molecule has 1 fully saturated rings. The molecule has 0 heterocycles. The van der Waals surface area contributed by atoms with Crippen LogP contribution in [0, 0.1) is 23.7 Å². The third-order valence-electron chi connectivity index (χ3n) is 4.79. The van der Waals surface area contributed by atoms with Crippen LogP contribution in [0.4, 0.5) is 0 Å². The first-order valence-electron chi connectivity index (χ1n) is 9.06. The summed E-state index contributed by atoms with van der Waals surface area (Å²) >= 11 is 0. The highest BCUT2D eigenvalue weighted by molar-refractivity contribution is 4.81. The average Bonchev–Trinajstić information content (AvgIpc) is 2.34. The van der Waals surface area contributed by atoms with Crippen LogP contribution in [0.1, 0.15) is 74.1 Å². The molecule has 1 aliphatic carbocycles. The zero-order chi connectivity index (χ0) is 16.0. The lowest BCUT2D eigenvalue weighted by Crippen LogP contribution is -2.35. The maximum Gasteiger partial charge on any atom is 0.0608 e. The molecule has 5 atom stereocenters. The van der Waals surface area contributed by atoms with Crippen LogP contribution in [0.2, 0.25) is 0 Å². The zero-order valence-electron chi connectivity index (χ0n) is 15.4. The van der Waals surface area contributed by atoms with Gasteiger partial charge in [0.25, 0.3) is 0 Å². The smallest absolute Gasteiger partial charge is 0.0608 e. The summed E-state index contributed by atoms with van der Waals surface area (Å²) in [6, 6.07) is 0. The van der Waals surface area contributed by atoms with Crippen molar-refractivity contribution in [2.24, 2.45) is 23.7 Å². The highest BCUT2D eigenvalue weighted by Gasteiger charge is 2.31. The fraction of sp³-hybridized carbons (Fsp3) is 1.00. The van der Waals surface area contributed by atoms with Crippen LogP contribution in [-0.2, 0) is 9.47 Å². The Balaban J connectivity index is 2.37. The lowest BCUT2D eigenvalue weighted by molar-refractivity contribution is -0.0595. The molecule has 0 aromatic rings. The van der Waals surface area contributed by atoms with Crippen LogP contribution in [0.25, 0.3) is 0 Å². The Morgan fingerprint density at radius 3 is 2.24 bits per heavy atom. The second-order valence-electron chi connectivity index (χ2n) is 8.03. The van der Waals surface area contributed by atoms with Gasteiger partial charge in [-0.15, -0.1) is 0 Å². The summed E-state index contributed by atoms with van der Waals surface area (Å²) in [6.07, 6.45) is 6.16. The summed E-state index contributed by atoms with van der Waals surface area (Å²) in [4.78, 5) is 0. The Kier molecular flexibility index (Phi) is 8.26. The summed E-state index contributed by atoms with van der Waals surface area (Å²) in [5.41, 5.74) is 0. The predicted octanol–water partition coefficient (Wildman–Crippen LogP) is 5.30. The van der Waals surface area contributed by atoms with Crippen molar-refractivity contribution in [3.63, 3.8) is 0 Å². The number of hydrogen-bond acceptors (Lipinski definition) is 2. The Morgan fingerprint density at radius 1 is 1.00 bits per heavy atom. The molecule has 1 rings (SSSR count). The van der Waals surface area contributed by atoms with Gasteiger partial charge >= 0.3 is 0 Å². The first-order valence-corrected chi connectivity index (χ1v) is 9.06. The first kappa shape index (κ1) is 19.0. The number of rotatable bonds is 8. The monoisotopic (exact) mass is 298 g/mol. The van der Waals surface area contributed by atoms with E-state index in [4.69, 9.17) is 9.47 Å². The van der Waals surface area contributed by atoms with E-state index in [0.717, 1.165) is 30.8 Å². The SMILES string of the molecule is CC(COC1CC(C)CCC1C(C)C)CC(C)OC(C)C. The normalized spacial score (nSPS) is 29.9. The van der Waals surface area contributed by atoms with Crippen molar-refractivity contribution in [2.45, 2.75) is 92.5 Å². The lowest BCUT2D eigenvalue weighted by atomic mass is 9.75. The van der Waals surface area contributed by atoms with E-state index < -0.39 is 0 Å². The fourth-order valence-corrected chi connectivity index (χ4v) is 3.75. The average molecular weight is 299 g/mol. The van der Waals surface area contributed by atoms with Crippen molar-refractivity contribution < 1.29 is 9.47 Å². The van der Waals surface area contributed by atoms with Gasteiger partial charge in [0.05, 0.1) is 18.3 Å². The highest BCUT2D eigenvalue weighted by Crippen LogP contribution is 2.35. The Bertz CT molecular complexity index is 275. The van der Waals surface area contributed by atoms with Crippen molar-refractivity contribution >= 4 is 0 Å². The minimum Gasteiger partial charge on any atom is -0.378 e. The molecule has 2 heteroatoms. The van der Waals surface area contributed by atoms with Crippen molar-refractivity contribution in [1.29, 1.82) is 0 Å². The summed E-state index contributed by atoms with van der Waals surface area (Å²) in [6.45, 7) is 16.6. The molecule has 1 aliphatic rings. The molecule has 0 aromatic carbocycles. The molecule has 0 spiro atoms. The van der Waals surface area contributed by atoms with Crippen LogP contribution in [0.15, 0.2) is 0 Å². The Hall–Kier alpha value is -0.0800. The van der Waals surface area contributed by atoms with Crippen LogP contribution < -0.4 is 0 Å². The Labute approximate surface area is 133 Å². The highest BCUT2D eigenvalue weighted by atomic mass is 16.5. The van der Waals surface area contributed by atoms with E-state index in [2.05, 4.69) is 48.5 Å². The quantitative estimate of drug-likeness (QED) is 0.605. The minimum absolute atomic E-state index is 0.317. The van der Waals surface area contributed by atoms with Crippen LogP contribution in [0.5, 0.6) is 0 Å². The van der Waals surface area contributed by atoms with Gasteiger partial charge in [0.1, 0.15) is 0 Å². The number of ether oxygens (including phenoxy) is 2. The van der Waals surface area contributed by atoms with E-state index in [9.17, 15) is 0 Å². The van der Waals surface area contributed by atoms with Crippen LogP contribution >= 0.6 is 0 Å². The van der Waals surface area contributed by atoms with Gasteiger partial charge in [0.2, 0.25) is 0 Å². The third kappa shape index (κ3) is 7.15. The maximum atomic E-state index is 6.34. The molecular formula is C19H38O2. The zero-order valence-corrected chi connectivity index (χ0v) is 15.4. The van der Waals surface area contributed by atoms with E-state index in [0.29, 0.717) is 24.2 Å². The van der Waals surface area contributed by atoms with E-state index in [1.54, 1.807) is 0 Å².